The third kappa shape index (κ3) is 3.83. The Morgan fingerprint density at radius 2 is 1.90 bits per heavy atom. The van der Waals surface area contributed by atoms with E-state index in [1.54, 1.807) is 18.3 Å². The Bertz CT molecular complexity index is 1120. The summed E-state index contributed by atoms with van der Waals surface area (Å²) in [6.07, 6.45) is 5.58. The maximum Gasteiger partial charge on any atom is 0.323 e. The van der Waals surface area contributed by atoms with Crippen LogP contribution in [0.1, 0.15) is 18.9 Å². The Morgan fingerprint density at radius 1 is 1.07 bits per heavy atom. The Kier molecular flexibility index (Phi) is 5.25. The zero-order valence-electron chi connectivity index (χ0n) is 16.2. The number of halogens is 1. The van der Waals surface area contributed by atoms with Crippen molar-refractivity contribution in [3.05, 3.63) is 66.2 Å². The second-order valence-corrected chi connectivity index (χ2v) is 8.01. The fraction of sp³-hybridized carbons (Fsp3) is 0.227. The lowest BCUT2D eigenvalue weighted by Crippen LogP contribution is -2.29. The Morgan fingerprint density at radius 3 is 2.67 bits per heavy atom. The summed E-state index contributed by atoms with van der Waals surface area (Å²) in [5.41, 5.74) is 3.24. The topological polar surface area (TPSA) is 64.9 Å². The third-order valence-corrected chi connectivity index (χ3v) is 5.92. The van der Waals surface area contributed by atoms with Crippen LogP contribution in [0.4, 0.5) is 4.39 Å². The second kappa shape index (κ2) is 8.33. The van der Waals surface area contributed by atoms with E-state index in [9.17, 15) is 4.39 Å². The van der Waals surface area contributed by atoms with Gasteiger partial charge in [-0.05, 0) is 73.8 Å². The van der Waals surface area contributed by atoms with Crippen LogP contribution in [-0.4, -0.2) is 32.6 Å². The van der Waals surface area contributed by atoms with Crippen LogP contribution < -0.4 is 10.1 Å². The van der Waals surface area contributed by atoms with Crippen molar-refractivity contribution in [3.63, 3.8) is 0 Å². The summed E-state index contributed by atoms with van der Waals surface area (Å²) in [5.74, 6) is -0.272. The van der Waals surface area contributed by atoms with Gasteiger partial charge in [0.05, 0.1) is 23.4 Å². The van der Waals surface area contributed by atoms with Crippen molar-refractivity contribution in [3.8, 4) is 33.7 Å². The highest BCUT2D eigenvalue weighted by atomic mass is 32.1. The Labute approximate surface area is 177 Å². The van der Waals surface area contributed by atoms with E-state index in [-0.39, 0.29) is 11.8 Å². The van der Waals surface area contributed by atoms with Crippen molar-refractivity contribution in [2.45, 2.75) is 18.9 Å². The van der Waals surface area contributed by atoms with Crippen molar-refractivity contribution in [2.24, 2.45) is 0 Å². The molecule has 0 spiro atoms. The molecule has 152 valence electrons. The van der Waals surface area contributed by atoms with Gasteiger partial charge in [-0.25, -0.2) is 14.4 Å². The monoisotopic (exact) mass is 421 g/mol. The molecule has 0 unspecified atom stereocenters. The molecule has 0 saturated carbocycles. The Balaban J connectivity index is 1.59. The fourth-order valence-electron chi connectivity index (χ4n) is 3.73. The number of benzene rings is 1. The first-order chi connectivity index (χ1) is 14.8. The number of imidazole rings is 1. The first-order valence-corrected chi connectivity index (χ1v) is 10.7. The highest BCUT2D eigenvalue weighted by Gasteiger charge is 2.23. The standard InChI is InChI=1S/C22H20FN5OS/c23-16-5-3-15(4-6-16)20-21(28(14-26-20)17-7-10-24-11-8-17)18-9-12-25-22(27-18)29-19-2-1-13-30-19/h1-6,9,12-14,17,24H,7-8,10-11H2. The van der Waals surface area contributed by atoms with Gasteiger partial charge in [0.25, 0.3) is 0 Å². The van der Waals surface area contributed by atoms with Crippen LogP contribution in [0.2, 0.25) is 0 Å². The predicted molar refractivity (Wildman–Crippen MR) is 114 cm³/mol. The first kappa shape index (κ1) is 18.9. The van der Waals surface area contributed by atoms with Gasteiger partial charge in [0, 0.05) is 17.8 Å². The molecule has 0 amide bonds. The van der Waals surface area contributed by atoms with E-state index in [0.717, 1.165) is 53.6 Å². The molecule has 0 aliphatic carbocycles. The minimum Gasteiger partial charge on any atom is -0.413 e. The minimum absolute atomic E-state index is 0.272. The molecule has 1 aliphatic heterocycles. The third-order valence-electron chi connectivity index (χ3n) is 5.18. The highest BCUT2D eigenvalue weighted by Crippen LogP contribution is 2.35. The fourth-order valence-corrected chi connectivity index (χ4v) is 4.30. The molecule has 1 aromatic carbocycles. The van der Waals surface area contributed by atoms with Gasteiger partial charge < -0.3 is 14.6 Å². The molecular weight excluding hydrogens is 401 g/mol. The number of nitrogens with zero attached hydrogens (tertiary/aromatic N) is 4. The quantitative estimate of drug-likeness (QED) is 0.495. The van der Waals surface area contributed by atoms with E-state index in [4.69, 9.17) is 9.72 Å². The van der Waals surface area contributed by atoms with Crippen molar-refractivity contribution in [1.82, 2.24) is 24.8 Å². The first-order valence-electron chi connectivity index (χ1n) is 9.86. The van der Waals surface area contributed by atoms with E-state index in [2.05, 4.69) is 19.9 Å². The average Bonchev–Trinajstić information content (AvgIpc) is 3.45. The van der Waals surface area contributed by atoms with Gasteiger partial charge in [-0.15, -0.1) is 11.3 Å². The van der Waals surface area contributed by atoms with Gasteiger partial charge in [0.1, 0.15) is 5.82 Å². The summed E-state index contributed by atoms with van der Waals surface area (Å²) in [4.78, 5) is 13.6. The van der Waals surface area contributed by atoms with E-state index in [1.807, 2.05) is 29.9 Å². The van der Waals surface area contributed by atoms with Gasteiger partial charge in [-0.2, -0.15) is 4.98 Å². The summed E-state index contributed by atoms with van der Waals surface area (Å²) < 4.78 is 21.5. The van der Waals surface area contributed by atoms with E-state index < -0.39 is 0 Å². The molecule has 8 heteroatoms. The van der Waals surface area contributed by atoms with Crippen LogP contribution in [0.5, 0.6) is 11.1 Å². The number of hydrogen-bond acceptors (Lipinski definition) is 6. The van der Waals surface area contributed by atoms with Crippen molar-refractivity contribution >= 4 is 11.3 Å². The summed E-state index contributed by atoms with van der Waals surface area (Å²) in [5, 5.41) is 6.08. The number of aromatic nitrogens is 4. The SMILES string of the molecule is Fc1ccc(-c2ncn(C3CCNCC3)c2-c2ccnc(Oc3cccs3)n2)cc1. The van der Waals surface area contributed by atoms with Gasteiger partial charge in [-0.3, -0.25) is 0 Å². The van der Waals surface area contributed by atoms with Gasteiger partial charge in [0.15, 0.2) is 5.06 Å². The van der Waals surface area contributed by atoms with Crippen LogP contribution >= 0.6 is 11.3 Å². The molecule has 3 aromatic heterocycles. The largest absolute Gasteiger partial charge is 0.413 e. The van der Waals surface area contributed by atoms with Crippen molar-refractivity contribution < 1.29 is 9.13 Å². The number of piperidine rings is 1. The van der Waals surface area contributed by atoms with Gasteiger partial charge in [0.2, 0.25) is 0 Å². The molecular formula is C22H20FN5OS. The lowest BCUT2D eigenvalue weighted by atomic mass is 10.0. The predicted octanol–water partition coefficient (Wildman–Crippen LogP) is 4.92. The van der Waals surface area contributed by atoms with E-state index in [0.29, 0.717) is 6.04 Å². The average molecular weight is 422 g/mol. The minimum atomic E-state index is -0.272. The number of ether oxygens (including phenoxy) is 1. The van der Waals surface area contributed by atoms with Crippen molar-refractivity contribution in [1.29, 1.82) is 0 Å². The zero-order valence-corrected chi connectivity index (χ0v) is 17.0. The van der Waals surface area contributed by atoms with Gasteiger partial charge in [-0.1, -0.05) is 0 Å². The molecule has 0 atom stereocenters. The highest BCUT2D eigenvalue weighted by molar-refractivity contribution is 7.11. The molecule has 4 heterocycles. The van der Waals surface area contributed by atoms with E-state index in [1.165, 1.54) is 23.5 Å². The Hall–Kier alpha value is -3.10. The van der Waals surface area contributed by atoms with Crippen LogP contribution in [0.3, 0.4) is 0 Å². The van der Waals surface area contributed by atoms with Crippen LogP contribution in [0, 0.1) is 5.82 Å². The molecule has 0 radical (unpaired) electrons. The molecule has 6 nitrogen and oxygen atoms in total. The molecule has 1 fully saturated rings. The number of nitrogens with one attached hydrogen (secondary N) is 1. The van der Waals surface area contributed by atoms with Crippen LogP contribution in [0.15, 0.2) is 60.4 Å². The maximum absolute atomic E-state index is 13.5. The summed E-state index contributed by atoms with van der Waals surface area (Å²) >= 11 is 1.49. The molecule has 30 heavy (non-hydrogen) atoms. The summed E-state index contributed by atoms with van der Waals surface area (Å²) in [6.45, 7) is 1.93. The lowest BCUT2D eigenvalue weighted by Gasteiger charge is -2.25. The molecule has 1 N–H and O–H groups in total. The zero-order chi connectivity index (χ0) is 20.3. The van der Waals surface area contributed by atoms with E-state index >= 15 is 0 Å². The molecule has 1 saturated heterocycles. The maximum atomic E-state index is 13.5. The molecule has 4 aromatic rings. The van der Waals surface area contributed by atoms with Crippen molar-refractivity contribution in [2.75, 3.05) is 13.1 Å². The number of thiophene rings is 1. The second-order valence-electron chi connectivity index (χ2n) is 7.10. The summed E-state index contributed by atoms with van der Waals surface area (Å²) in [6, 6.07) is 12.7. The molecule has 0 bridgehead atoms. The lowest BCUT2D eigenvalue weighted by molar-refractivity contribution is 0.370. The number of rotatable bonds is 5. The number of hydrogen-bond donors (Lipinski definition) is 1. The van der Waals surface area contributed by atoms with Crippen LogP contribution in [0.25, 0.3) is 22.6 Å². The smallest absolute Gasteiger partial charge is 0.323 e. The van der Waals surface area contributed by atoms with Crippen LogP contribution in [-0.2, 0) is 0 Å². The molecule has 1 aliphatic rings. The normalized spacial score (nSPS) is 14.7. The van der Waals surface area contributed by atoms with Gasteiger partial charge >= 0.3 is 6.01 Å². The summed E-state index contributed by atoms with van der Waals surface area (Å²) in [7, 11) is 0. The molecule has 5 rings (SSSR count).